The van der Waals surface area contributed by atoms with Crippen LogP contribution in [0.2, 0.25) is 0 Å². The summed E-state index contributed by atoms with van der Waals surface area (Å²) >= 11 is 0. The van der Waals surface area contributed by atoms with Gasteiger partial charge in [-0.3, -0.25) is 0 Å². The molecule has 0 aromatic carbocycles. The third kappa shape index (κ3) is 4.47. The molecule has 38 heavy (non-hydrogen) atoms. The lowest BCUT2D eigenvalue weighted by Gasteiger charge is -2.46. The summed E-state index contributed by atoms with van der Waals surface area (Å²) in [7, 11) is 0. The molecule has 1 rings (SSSR count). The largest absolute Gasteiger partial charge is 0.435 e. The van der Waals surface area contributed by atoms with Crippen molar-refractivity contribution >= 4 is 0 Å². The van der Waals surface area contributed by atoms with Gasteiger partial charge in [-0.25, -0.2) is 4.39 Å². The van der Waals surface area contributed by atoms with Crippen LogP contribution in [0.1, 0.15) is 6.42 Å². The van der Waals surface area contributed by atoms with Gasteiger partial charge in [0.1, 0.15) is 6.10 Å². The van der Waals surface area contributed by atoms with E-state index < -0.39 is 78.5 Å². The molecule has 1 aliphatic rings. The maximum Gasteiger partial charge on any atom is 0.435 e. The van der Waals surface area contributed by atoms with Crippen molar-refractivity contribution in [1.82, 2.24) is 0 Å². The Hall–Kier alpha value is -1.69. The van der Waals surface area contributed by atoms with Crippen LogP contribution in [-0.2, 0) is 9.47 Å². The van der Waals surface area contributed by atoms with Gasteiger partial charge in [-0.05, 0) is 0 Å². The first-order valence-electron chi connectivity index (χ1n) is 8.25. The number of halogens is 23. The molecule has 0 aliphatic heterocycles. The van der Waals surface area contributed by atoms with E-state index in [0.29, 0.717) is 0 Å². The van der Waals surface area contributed by atoms with E-state index in [1.807, 2.05) is 4.74 Å². The second-order valence-corrected chi connectivity index (χ2v) is 7.19. The van der Waals surface area contributed by atoms with Gasteiger partial charge in [0.2, 0.25) is 0 Å². The first-order chi connectivity index (χ1) is 16.0. The van der Waals surface area contributed by atoms with Crippen LogP contribution in [-0.4, -0.2) is 72.1 Å². The Morgan fingerprint density at radius 3 is 0.947 bits per heavy atom. The summed E-state index contributed by atoms with van der Waals surface area (Å²) in [4.78, 5) is 0. The van der Waals surface area contributed by atoms with E-state index in [2.05, 4.69) is 0 Å². The molecule has 1 aliphatic carbocycles. The maximum atomic E-state index is 14.9. The molecule has 2 unspecified atom stereocenters. The van der Waals surface area contributed by atoms with Crippen LogP contribution >= 0.6 is 0 Å². The first-order valence-corrected chi connectivity index (χ1v) is 8.25. The molecule has 2 atom stereocenters. The smallest absolute Gasteiger partial charge is 0.341 e. The van der Waals surface area contributed by atoms with Crippen LogP contribution in [0.4, 0.5) is 101 Å². The van der Waals surface area contributed by atoms with E-state index in [1.54, 1.807) is 4.74 Å². The summed E-state index contributed by atoms with van der Waals surface area (Å²) < 4.78 is 306. The Kier molecular flexibility index (Phi) is 7.60. The van der Waals surface area contributed by atoms with E-state index in [0.717, 1.165) is 0 Å². The van der Waals surface area contributed by atoms with Crippen LogP contribution < -0.4 is 0 Å². The molecule has 1 saturated carbocycles. The molecule has 0 saturated heterocycles. The molecule has 228 valence electrons. The van der Waals surface area contributed by atoms with E-state index in [4.69, 9.17) is 0 Å². The molecule has 1 fully saturated rings. The highest BCUT2D eigenvalue weighted by atomic mass is 19.4. The van der Waals surface area contributed by atoms with Crippen molar-refractivity contribution in [1.29, 1.82) is 0 Å². The molecule has 0 amide bonds. The molecule has 25 heteroatoms. The molecular formula is C13H3F23O2. The van der Waals surface area contributed by atoms with Gasteiger partial charge in [-0.15, -0.1) is 0 Å². The summed E-state index contributed by atoms with van der Waals surface area (Å²) in [6.45, 7) is 0. The molecule has 0 radical (unpaired) electrons. The molecule has 0 bridgehead atoms. The average molecular weight is 628 g/mol. The number of hydrogen-bond acceptors (Lipinski definition) is 2. The van der Waals surface area contributed by atoms with E-state index in [-0.39, 0.29) is 0 Å². The van der Waals surface area contributed by atoms with Gasteiger partial charge in [0.25, 0.3) is 0 Å². The minimum absolute atomic E-state index is 1.63. The molecule has 0 N–H and O–H groups in total. The third-order valence-electron chi connectivity index (χ3n) is 4.76. The van der Waals surface area contributed by atoms with Crippen LogP contribution in [0, 0.1) is 0 Å². The van der Waals surface area contributed by atoms with Crippen molar-refractivity contribution in [2.45, 2.75) is 78.5 Å². The molecule has 0 heterocycles. The molecule has 0 aromatic heterocycles. The van der Waals surface area contributed by atoms with Gasteiger partial charge in [-0.1, -0.05) is 0 Å². The lowest BCUT2D eigenvalue weighted by Crippen LogP contribution is -2.74. The van der Waals surface area contributed by atoms with Crippen molar-refractivity contribution in [3.8, 4) is 0 Å². The molecule has 2 nitrogen and oxygen atoms in total. The fourth-order valence-corrected chi connectivity index (χ4v) is 2.97. The van der Waals surface area contributed by atoms with Crippen molar-refractivity contribution in [3.05, 3.63) is 0 Å². The van der Waals surface area contributed by atoms with E-state index in [9.17, 15) is 101 Å². The minimum atomic E-state index is -8.45. The summed E-state index contributed by atoms with van der Waals surface area (Å²) in [6, 6.07) is 0. The summed E-state index contributed by atoms with van der Waals surface area (Å²) in [5.41, 5.74) is -16.6. The number of ether oxygens (including phenoxy) is 2. The standard InChI is InChI=1S/C13H3F23O2/c14-3(15)1-2(37-5(8(19,20)21,9(22,23)24)10(25,26)27)4(16,7(3,17)18)38-6(11(28,29)30,12(31,32)33)13(34,35)36/h2H,1H2. The Balaban J connectivity index is 4.19. The lowest BCUT2D eigenvalue weighted by atomic mass is 9.98. The fraction of sp³-hybridized carbons (Fsp3) is 1.00. The van der Waals surface area contributed by atoms with E-state index in [1.165, 1.54) is 0 Å². The van der Waals surface area contributed by atoms with Crippen molar-refractivity contribution in [3.63, 3.8) is 0 Å². The zero-order chi connectivity index (χ0) is 31.2. The van der Waals surface area contributed by atoms with Gasteiger partial charge in [0.15, 0.2) is 0 Å². The monoisotopic (exact) mass is 628 g/mol. The Labute approximate surface area is 190 Å². The minimum Gasteiger partial charge on any atom is -0.341 e. The normalized spacial score (nSPS) is 26.1. The topological polar surface area (TPSA) is 18.5 Å². The van der Waals surface area contributed by atoms with Crippen molar-refractivity contribution < 1.29 is 110 Å². The third-order valence-corrected chi connectivity index (χ3v) is 4.76. The van der Waals surface area contributed by atoms with Gasteiger partial charge in [0.05, 0.1) is 0 Å². The molecular weight excluding hydrogens is 625 g/mol. The highest BCUT2D eigenvalue weighted by Gasteiger charge is 2.94. The van der Waals surface area contributed by atoms with Gasteiger partial charge in [-0.2, -0.15) is 96.6 Å². The average Bonchev–Trinajstić information content (AvgIpc) is 2.67. The van der Waals surface area contributed by atoms with Gasteiger partial charge in [0, 0.05) is 6.42 Å². The molecule has 0 spiro atoms. The Bertz CT molecular complexity index is 793. The first kappa shape index (κ1) is 34.3. The predicted octanol–water partition coefficient (Wildman–Crippen LogP) is 7.58. The van der Waals surface area contributed by atoms with Crippen LogP contribution in [0.25, 0.3) is 0 Å². The highest BCUT2D eigenvalue weighted by Crippen LogP contribution is 2.66. The van der Waals surface area contributed by atoms with Crippen molar-refractivity contribution in [2.75, 3.05) is 0 Å². The SMILES string of the molecule is FC(F)(F)C(OC1CC(F)(F)C(F)(F)C1(F)OC(C(F)(F)F)(C(F)(F)F)C(F)(F)F)(C(F)(F)F)C(F)(F)F. The second kappa shape index (κ2) is 8.41. The zero-order valence-corrected chi connectivity index (χ0v) is 16.3. The van der Waals surface area contributed by atoms with Crippen LogP contribution in [0.5, 0.6) is 0 Å². The number of alkyl halides is 23. The molecule has 0 aromatic rings. The number of hydrogen-bond donors (Lipinski definition) is 0. The predicted molar refractivity (Wildman–Crippen MR) is 66.1 cm³/mol. The van der Waals surface area contributed by atoms with Gasteiger partial charge < -0.3 is 9.47 Å². The summed E-state index contributed by atoms with van der Waals surface area (Å²) in [6.07, 6.45) is -59.5. The van der Waals surface area contributed by atoms with Crippen molar-refractivity contribution in [2.24, 2.45) is 0 Å². The Morgan fingerprint density at radius 2 is 0.711 bits per heavy atom. The highest BCUT2D eigenvalue weighted by molar-refractivity contribution is 5.16. The Morgan fingerprint density at radius 1 is 0.447 bits per heavy atom. The summed E-state index contributed by atoms with van der Waals surface area (Å²) in [5.74, 6) is -22.4. The van der Waals surface area contributed by atoms with E-state index >= 15 is 0 Å². The number of rotatable bonds is 4. The maximum absolute atomic E-state index is 14.9. The second-order valence-electron chi connectivity index (χ2n) is 7.19. The zero-order valence-electron chi connectivity index (χ0n) is 16.3. The summed E-state index contributed by atoms with van der Waals surface area (Å²) in [5, 5.41) is 0. The van der Waals surface area contributed by atoms with Crippen LogP contribution in [0.3, 0.4) is 0 Å². The quantitative estimate of drug-likeness (QED) is 0.299. The van der Waals surface area contributed by atoms with Gasteiger partial charge >= 0.3 is 66.0 Å². The van der Waals surface area contributed by atoms with Crippen LogP contribution in [0.15, 0.2) is 0 Å². The lowest BCUT2D eigenvalue weighted by molar-refractivity contribution is -0.518. The fourth-order valence-electron chi connectivity index (χ4n) is 2.97.